The molecule has 150 valence electrons. The third kappa shape index (κ3) is 4.35. The summed E-state index contributed by atoms with van der Waals surface area (Å²) in [6, 6.07) is 10.4. The number of rotatable bonds is 6. The number of carbonyl (C=O) groups excluding carboxylic acids is 1. The van der Waals surface area contributed by atoms with Gasteiger partial charge in [-0.1, -0.05) is 12.1 Å². The van der Waals surface area contributed by atoms with Crippen LogP contribution < -0.4 is 4.90 Å². The Hall–Kier alpha value is -3.06. The molecule has 0 unspecified atom stereocenters. The molecule has 29 heavy (non-hydrogen) atoms. The molecule has 0 atom stereocenters. The monoisotopic (exact) mass is 390 g/mol. The van der Waals surface area contributed by atoms with Gasteiger partial charge in [-0.05, 0) is 37.6 Å². The van der Waals surface area contributed by atoms with Crippen LogP contribution in [0.2, 0.25) is 0 Å². The summed E-state index contributed by atoms with van der Waals surface area (Å²) in [6.45, 7) is 8.69. The van der Waals surface area contributed by atoms with Crippen molar-refractivity contribution in [1.82, 2.24) is 24.6 Å². The van der Waals surface area contributed by atoms with Gasteiger partial charge in [0.1, 0.15) is 0 Å². The Kier molecular flexibility index (Phi) is 5.67. The average molecular weight is 390 g/mol. The van der Waals surface area contributed by atoms with E-state index in [4.69, 9.17) is 0 Å². The van der Waals surface area contributed by atoms with Crippen LogP contribution in [0.5, 0.6) is 0 Å². The van der Waals surface area contributed by atoms with Crippen LogP contribution in [-0.2, 0) is 0 Å². The van der Waals surface area contributed by atoms with E-state index < -0.39 is 0 Å². The van der Waals surface area contributed by atoms with Crippen LogP contribution in [0.1, 0.15) is 28.0 Å². The van der Waals surface area contributed by atoms with Gasteiger partial charge in [0.05, 0.1) is 17.5 Å². The zero-order valence-electron chi connectivity index (χ0n) is 17.0. The molecule has 0 bridgehead atoms. The second-order valence-electron chi connectivity index (χ2n) is 7.45. The number of nitrogens with zero attached hydrogens (tertiary/aromatic N) is 6. The predicted molar refractivity (Wildman–Crippen MR) is 113 cm³/mol. The van der Waals surface area contributed by atoms with E-state index in [1.807, 2.05) is 6.92 Å². The molecule has 0 N–H and O–H groups in total. The van der Waals surface area contributed by atoms with Gasteiger partial charge in [-0.2, -0.15) is 5.10 Å². The summed E-state index contributed by atoms with van der Waals surface area (Å²) in [6.07, 6.45) is 5.46. The minimum atomic E-state index is 0.116. The number of carbonyl (C=O) groups is 1. The number of aryl methyl sites for hydroxylation is 1. The predicted octanol–water partition coefficient (Wildman–Crippen LogP) is 2.67. The summed E-state index contributed by atoms with van der Waals surface area (Å²) in [4.78, 5) is 25.9. The molecule has 1 aliphatic rings. The maximum atomic E-state index is 12.7. The van der Waals surface area contributed by atoms with Crippen molar-refractivity contribution in [3.05, 3.63) is 65.7 Å². The summed E-state index contributed by atoms with van der Waals surface area (Å²) in [5, 5.41) is 4.30. The van der Waals surface area contributed by atoms with Crippen LogP contribution in [0.3, 0.4) is 0 Å². The smallest absolute Gasteiger partial charge is 0.250 e. The highest BCUT2D eigenvalue weighted by Crippen LogP contribution is 2.18. The van der Waals surface area contributed by atoms with Gasteiger partial charge >= 0.3 is 0 Å². The quantitative estimate of drug-likeness (QED) is 0.603. The molecule has 7 heteroatoms. The fourth-order valence-electron chi connectivity index (χ4n) is 3.73. The zero-order chi connectivity index (χ0) is 20.2. The van der Waals surface area contributed by atoms with Gasteiger partial charge < -0.3 is 4.90 Å². The standard InChI is InChI=1S/C22H26N6O/c1-17-5-3-6-19(15-17)27-13-11-26(12-14-27)10-7-21(29)20-16-25-28(18(20)2)22-23-8-4-9-24-22/h3-6,8-9,15-16H,7,10-14H2,1-2H3. The van der Waals surface area contributed by atoms with E-state index in [0.29, 0.717) is 17.9 Å². The maximum absolute atomic E-state index is 12.7. The second-order valence-corrected chi connectivity index (χ2v) is 7.45. The van der Waals surface area contributed by atoms with Crippen molar-refractivity contribution in [2.24, 2.45) is 0 Å². The first-order valence-electron chi connectivity index (χ1n) is 10.0. The van der Waals surface area contributed by atoms with Gasteiger partial charge in [0, 0.05) is 57.2 Å². The Morgan fingerprint density at radius 3 is 2.52 bits per heavy atom. The first kappa shape index (κ1) is 19.3. The van der Waals surface area contributed by atoms with Crippen molar-refractivity contribution in [2.75, 3.05) is 37.6 Å². The molecular weight excluding hydrogens is 364 g/mol. The number of anilines is 1. The highest BCUT2D eigenvalue weighted by molar-refractivity contribution is 5.97. The molecule has 1 fully saturated rings. The van der Waals surface area contributed by atoms with Crippen LogP contribution in [0, 0.1) is 13.8 Å². The van der Waals surface area contributed by atoms with Gasteiger partial charge in [0.2, 0.25) is 0 Å². The minimum Gasteiger partial charge on any atom is -0.369 e. The summed E-state index contributed by atoms with van der Waals surface area (Å²) in [5.41, 5.74) is 4.00. The molecule has 0 radical (unpaired) electrons. The number of piperazine rings is 1. The van der Waals surface area contributed by atoms with Crippen LogP contribution in [0.25, 0.3) is 5.95 Å². The molecule has 7 nitrogen and oxygen atoms in total. The molecule has 1 saturated heterocycles. The lowest BCUT2D eigenvalue weighted by Crippen LogP contribution is -2.46. The van der Waals surface area contributed by atoms with Crippen molar-refractivity contribution in [3.8, 4) is 5.95 Å². The normalized spacial score (nSPS) is 14.9. The van der Waals surface area contributed by atoms with Gasteiger partial charge in [-0.15, -0.1) is 0 Å². The first-order valence-corrected chi connectivity index (χ1v) is 10.0. The summed E-state index contributed by atoms with van der Waals surface area (Å²) < 4.78 is 1.62. The number of benzene rings is 1. The molecule has 3 heterocycles. The lowest BCUT2D eigenvalue weighted by atomic mass is 10.1. The van der Waals surface area contributed by atoms with E-state index in [9.17, 15) is 4.79 Å². The summed E-state index contributed by atoms with van der Waals surface area (Å²) in [5.74, 6) is 0.599. The summed E-state index contributed by atoms with van der Waals surface area (Å²) in [7, 11) is 0. The molecule has 0 amide bonds. The third-order valence-corrected chi connectivity index (χ3v) is 5.45. The molecule has 0 saturated carbocycles. The van der Waals surface area contributed by atoms with E-state index >= 15 is 0 Å². The van der Waals surface area contributed by atoms with E-state index in [0.717, 1.165) is 38.4 Å². The highest BCUT2D eigenvalue weighted by Gasteiger charge is 2.20. The van der Waals surface area contributed by atoms with Gasteiger partial charge in [0.25, 0.3) is 5.95 Å². The molecule has 0 spiro atoms. The van der Waals surface area contributed by atoms with Crippen molar-refractivity contribution in [2.45, 2.75) is 20.3 Å². The van der Waals surface area contributed by atoms with Crippen molar-refractivity contribution >= 4 is 11.5 Å². The molecule has 3 aromatic rings. The van der Waals surface area contributed by atoms with Crippen molar-refractivity contribution in [3.63, 3.8) is 0 Å². The van der Waals surface area contributed by atoms with Crippen LogP contribution >= 0.6 is 0 Å². The van der Waals surface area contributed by atoms with Gasteiger partial charge in [-0.25, -0.2) is 14.6 Å². The Balaban J connectivity index is 1.31. The first-order chi connectivity index (χ1) is 14.1. The number of Topliss-reactive ketones (excluding diaryl/α,β-unsaturated/α-hetero) is 1. The lowest BCUT2D eigenvalue weighted by molar-refractivity contribution is 0.0962. The molecule has 1 aliphatic heterocycles. The number of aromatic nitrogens is 4. The van der Waals surface area contributed by atoms with E-state index in [1.54, 1.807) is 29.3 Å². The Morgan fingerprint density at radius 2 is 1.79 bits per heavy atom. The third-order valence-electron chi connectivity index (χ3n) is 5.45. The van der Waals surface area contributed by atoms with Crippen LogP contribution in [-0.4, -0.2) is 63.2 Å². The zero-order valence-corrected chi connectivity index (χ0v) is 17.0. The van der Waals surface area contributed by atoms with Crippen molar-refractivity contribution in [1.29, 1.82) is 0 Å². The molecular formula is C22H26N6O. The van der Waals surface area contributed by atoms with Crippen LogP contribution in [0.15, 0.2) is 48.9 Å². The fraction of sp³-hybridized carbons (Fsp3) is 0.364. The number of hydrogen-bond donors (Lipinski definition) is 0. The minimum absolute atomic E-state index is 0.116. The van der Waals surface area contributed by atoms with E-state index in [2.05, 4.69) is 56.1 Å². The van der Waals surface area contributed by atoms with Crippen molar-refractivity contribution < 1.29 is 4.79 Å². The van der Waals surface area contributed by atoms with Gasteiger partial charge in [-0.3, -0.25) is 9.69 Å². The number of ketones is 1. The molecule has 1 aromatic carbocycles. The highest BCUT2D eigenvalue weighted by atomic mass is 16.1. The topological polar surface area (TPSA) is 67.2 Å². The van der Waals surface area contributed by atoms with E-state index in [1.165, 1.54) is 11.3 Å². The van der Waals surface area contributed by atoms with E-state index in [-0.39, 0.29) is 5.78 Å². The molecule has 0 aliphatic carbocycles. The summed E-state index contributed by atoms with van der Waals surface area (Å²) >= 11 is 0. The Morgan fingerprint density at radius 1 is 1.03 bits per heavy atom. The lowest BCUT2D eigenvalue weighted by Gasteiger charge is -2.36. The molecule has 4 rings (SSSR count). The fourth-order valence-corrected chi connectivity index (χ4v) is 3.73. The largest absolute Gasteiger partial charge is 0.369 e. The Labute approximate surface area is 171 Å². The Bertz CT molecular complexity index is 976. The second kappa shape index (κ2) is 8.53. The average Bonchev–Trinajstić information content (AvgIpc) is 3.14. The van der Waals surface area contributed by atoms with Crippen LogP contribution in [0.4, 0.5) is 5.69 Å². The molecule has 2 aromatic heterocycles. The SMILES string of the molecule is Cc1cccc(N2CCN(CCC(=O)c3cnn(-c4ncccn4)c3C)CC2)c1. The number of hydrogen-bond acceptors (Lipinski definition) is 6. The maximum Gasteiger partial charge on any atom is 0.250 e. The van der Waals surface area contributed by atoms with Gasteiger partial charge in [0.15, 0.2) is 5.78 Å².